The number of nitrogens with zero attached hydrogens (tertiary/aromatic N) is 2. The highest BCUT2D eigenvalue weighted by atomic mass is 32.1. The molecule has 0 saturated carbocycles. The van der Waals surface area contributed by atoms with Crippen molar-refractivity contribution in [2.24, 2.45) is 0 Å². The average molecular weight is 311 g/mol. The van der Waals surface area contributed by atoms with Crippen LogP contribution in [0.25, 0.3) is 0 Å². The maximum absolute atomic E-state index is 11.9. The molecule has 2 rings (SSSR count). The first kappa shape index (κ1) is 15.9. The Morgan fingerprint density at radius 2 is 2.10 bits per heavy atom. The van der Waals surface area contributed by atoms with Crippen LogP contribution in [0.4, 0.5) is 4.79 Å². The van der Waals surface area contributed by atoms with Crippen LogP contribution in [0.5, 0.6) is 0 Å². The number of hydrogen-bond acceptors (Lipinski definition) is 6. The fraction of sp³-hybridized carbons (Fsp3) is 0.571. The lowest BCUT2D eigenvalue weighted by atomic mass is 10.2. The van der Waals surface area contributed by atoms with Gasteiger partial charge >= 0.3 is 6.09 Å². The maximum Gasteiger partial charge on any atom is 0.413 e. The molecule has 0 aromatic carbocycles. The lowest BCUT2D eigenvalue weighted by Gasteiger charge is -2.37. The number of imide groups is 1. The van der Waals surface area contributed by atoms with E-state index in [0.717, 1.165) is 32.7 Å². The van der Waals surface area contributed by atoms with E-state index in [9.17, 15) is 9.59 Å². The molecular weight excluding hydrogens is 290 g/mol. The van der Waals surface area contributed by atoms with E-state index in [1.807, 2.05) is 6.92 Å². The smallest absolute Gasteiger partial charge is 0.413 e. The number of alkyl carbamates (subject to hydrolysis) is 1. The molecule has 0 unspecified atom stereocenters. The Bertz CT molecular complexity index is 470. The van der Waals surface area contributed by atoms with E-state index in [0.29, 0.717) is 0 Å². The van der Waals surface area contributed by atoms with E-state index in [2.05, 4.69) is 37.4 Å². The Kier molecular flexibility index (Phi) is 5.72. The molecule has 1 aliphatic rings. The molecular formula is C14H21N3O3S. The van der Waals surface area contributed by atoms with Crippen LogP contribution in [0.15, 0.2) is 17.5 Å². The first-order chi connectivity index (χ1) is 10.1. The van der Waals surface area contributed by atoms with Crippen molar-refractivity contribution in [3.63, 3.8) is 0 Å². The minimum absolute atomic E-state index is 0.312. The summed E-state index contributed by atoms with van der Waals surface area (Å²) in [6.07, 6.45) is -0.705. The van der Waals surface area contributed by atoms with E-state index in [1.54, 1.807) is 11.3 Å². The summed E-state index contributed by atoms with van der Waals surface area (Å²) >= 11 is 1.77. The van der Waals surface area contributed by atoms with Gasteiger partial charge in [0.25, 0.3) is 0 Å². The van der Waals surface area contributed by atoms with Crippen molar-refractivity contribution in [1.29, 1.82) is 0 Å². The van der Waals surface area contributed by atoms with Crippen LogP contribution in [0, 0.1) is 0 Å². The first-order valence-electron chi connectivity index (χ1n) is 6.97. The van der Waals surface area contributed by atoms with Crippen LogP contribution in [0.2, 0.25) is 0 Å². The molecule has 6 nitrogen and oxygen atoms in total. The molecule has 1 aromatic heterocycles. The topological polar surface area (TPSA) is 61.9 Å². The van der Waals surface area contributed by atoms with Crippen molar-refractivity contribution < 1.29 is 14.3 Å². The number of amides is 2. The number of nitrogens with one attached hydrogen (secondary N) is 1. The van der Waals surface area contributed by atoms with Crippen molar-refractivity contribution in [3.8, 4) is 0 Å². The summed E-state index contributed by atoms with van der Waals surface area (Å²) in [5.74, 6) is -0.312. The first-order valence-corrected chi connectivity index (χ1v) is 7.85. The molecule has 0 bridgehead atoms. The van der Waals surface area contributed by atoms with Gasteiger partial charge in [0, 0.05) is 37.6 Å². The molecule has 21 heavy (non-hydrogen) atoms. The summed E-state index contributed by atoms with van der Waals surface area (Å²) in [4.78, 5) is 28.8. The van der Waals surface area contributed by atoms with Crippen molar-refractivity contribution in [2.45, 2.75) is 19.5 Å². The third-order valence-electron chi connectivity index (χ3n) is 3.70. The van der Waals surface area contributed by atoms with Gasteiger partial charge in [-0.05, 0) is 18.4 Å². The van der Waals surface area contributed by atoms with E-state index in [4.69, 9.17) is 0 Å². The summed E-state index contributed by atoms with van der Waals surface area (Å²) in [7, 11) is 1.25. The van der Waals surface area contributed by atoms with Crippen LogP contribution >= 0.6 is 11.3 Å². The van der Waals surface area contributed by atoms with Gasteiger partial charge < -0.3 is 4.74 Å². The highest BCUT2D eigenvalue weighted by Gasteiger charge is 2.26. The van der Waals surface area contributed by atoms with Gasteiger partial charge in [-0.1, -0.05) is 6.07 Å². The van der Waals surface area contributed by atoms with Crippen molar-refractivity contribution in [2.75, 3.05) is 33.3 Å². The minimum atomic E-state index is -0.705. The zero-order valence-electron chi connectivity index (χ0n) is 12.4. The Morgan fingerprint density at radius 3 is 2.67 bits per heavy atom. The normalized spacial score (nSPS) is 18.2. The Morgan fingerprint density at radius 1 is 1.38 bits per heavy atom. The largest absolute Gasteiger partial charge is 0.453 e. The van der Waals surface area contributed by atoms with E-state index in [-0.39, 0.29) is 11.9 Å². The Hall–Kier alpha value is -1.44. The lowest BCUT2D eigenvalue weighted by Crippen LogP contribution is -2.54. The van der Waals surface area contributed by atoms with E-state index >= 15 is 0 Å². The van der Waals surface area contributed by atoms with Crippen molar-refractivity contribution in [1.82, 2.24) is 15.1 Å². The van der Waals surface area contributed by atoms with Gasteiger partial charge in [0.15, 0.2) is 0 Å². The molecule has 1 saturated heterocycles. The second kappa shape index (κ2) is 7.53. The Balaban J connectivity index is 1.77. The van der Waals surface area contributed by atoms with Crippen molar-refractivity contribution >= 4 is 23.3 Å². The number of carbonyl (C=O) groups excluding carboxylic acids is 2. The number of ether oxygens (including phenoxy) is 1. The number of hydrogen-bond donors (Lipinski definition) is 1. The van der Waals surface area contributed by atoms with E-state index in [1.165, 1.54) is 12.0 Å². The number of piperazine rings is 1. The molecule has 1 N–H and O–H groups in total. The van der Waals surface area contributed by atoms with Gasteiger partial charge in [-0.3, -0.25) is 19.9 Å². The van der Waals surface area contributed by atoms with Crippen LogP contribution < -0.4 is 5.32 Å². The molecule has 0 aliphatic carbocycles. The average Bonchev–Trinajstić information content (AvgIpc) is 3.00. The third-order valence-corrected chi connectivity index (χ3v) is 4.57. The maximum atomic E-state index is 11.9. The summed E-state index contributed by atoms with van der Waals surface area (Å²) in [6, 6.07) is 3.88. The SMILES string of the molecule is COC(=O)NC(=O)[C@@H](C)N1CCN(Cc2cccs2)CC1. The zero-order valence-corrected chi connectivity index (χ0v) is 13.2. The summed E-state index contributed by atoms with van der Waals surface area (Å²) in [5.41, 5.74) is 0. The van der Waals surface area contributed by atoms with Gasteiger partial charge in [-0.2, -0.15) is 0 Å². The Labute approximate surface area is 128 Å². The second-order valence-electron chi connectivity index (χ2n) is 5.05. The lowest BCUT2D eigenvalue weighted by molar-refractivity contribution is -0.125. The van der Waals surface area contributed by atoms with Crippen LogP contribution in [-0.4, -0.2) is 61.1 Å². The number of thiophene rings is 1. The van der Waals surface area contributed by atoms with Gasteiger partial charge in [-0.25, -0.2) is 4.79 Å². The zero-order chi connectivity index (χ0) is 15.2. The highest BCUT2D eigenvalue weighted by Crippen LogP contribution is 2.14. The van der Waals surface area contributed by atoms with Crippen LogP contribution in [-0.2, 0) is 16.1 Å². The standard InChI is InChI=1S/C14H21N3O3S/c1-11(13(18)15-14(19)20-2)17-7-5-16(6-8-17)10-12-4-3-9-21-12/h3-4,9,11H,5-8,10H2,1-2H3,(H,15,18,19)/t11-/m1/s1. The van der Waals surface area contributed by atoms with Gasteiger partial charge in [-0.15, -0.1) is 11.3 Å². The van der Waals surface area contributed by atoms with Gasteiger partial charge in [0.1, 0.15) is 0 Å². The fourth-order valence-electron chi connectivity index (χ4n) is 2.35. The van der Waals surface area contributed by atoms with Crippen LogP contribution in [0.3, 0.4) is 0 Å². The molecule has 2 amide bonds. The number of methoxy groups -OCH3 is 1. The fourth-order valence-corrected chi connectivity index (χ4v) is 3.10. The molecule has 1 atom stereocenters. The molecule has 7 heteroatoms. The highest BCUT2D eigenvalue weighted by molar-refractivity contribution is 7.09. The monoisotopic (exact) mass is 311 g/mol. The molecule has 1 aromatic rings. The van der Waals surface area contributed by atoms with Crippen LogP contribution in [0.1, 0.15) is 11.8 Å². The van der Waals surface area contributed by atoms with Crippen molar-refractivity contribution in [3.05, 3.63) is 22.4 Å². The molecule has 2 heterocycles. The minimum Gasteiger partial charge on any atom is -0.453 e. The molecule has 0 radical (unpaired) electrons. The van der Waals surface area contributed by atoms with E-state index < -0.39 is 6.09 Å². The quantitative estimate of drug-likeness (QED) is 0.903. The predicted molar refractivity (Wildman–Crippen MR) is 81.2 cm³/mol. The molecule has 0 spiro atoms. The third kappa shape index (κ3) is 4.52. The van der Waals surface area contributed by atoms with Gasteiger partial charge in [0.05, 0.1) is 13.2 Å². The predicted octanol–water partition coefficient (Wildman–Crippen LogP) is 1.14. The summed E-state index contributed by atoms with van der Waals surface area (Å²) in [5, 5.41) is 4.31. The molecule has 1 aliphatic heterocycles. The number of rotatable bonds is 4. The number of carbonyl (C=O) groups is 2. The summed E-state index contributed by atoms with van der Waals surface area (Å²) < 4.78 is 4.44. The van der Waals surface area contributed by atoms with Gasteiger partial charge in [0.2, 0.25) is 5.91 Å². The molecule has 116 valence electrons. The second-order valence-corrected chi connectivity index (χ2v) is 6.08. The summed E-state index contributed by atoms with van der Waals surface area (Å²) in [6.45, 7) is 6.27. The molecule has 1 fully saturated rings.